The fourth-order valence-corrected chi connectivity index (χ4v) is 2.90. The third-order valence-electron chi connectivity index (χ3n) is 3.48. The van der Waals surface area contributed by atoms with E-state index in [0.29, 0.717) is 6.54 Å². The molecule has 1 aromatic carbocycles. The smallest absolute Gasteiger partial charge is 0.340 e. The molecule has 1 aromatic rings. The van der Waals surface area contributed by atoms with Gasteiger partial charge in [-0.25, -0.2) is 9.18 Å². The Balaban J connectivity index is 2.10. The third kappa shape index (κ3) is 4.02. The van der Waals surface area contributed by atoms with Crippen molar-refractivity contribution in [2.75, 3.05) is 20.2 Å². The monoisotopic (exact) mass is 295 g/mol. The van der Waals surface area contributed by atoms with Crippen LogP contribution in [0.15, 0.2) is 18.2 Å². The molecule has 0 amide bonds. The summed E-state index contributed by atoms with van der Waals surface area (Å²) >= 11 is 0. The van der Waals surface area contributed by atoms with Gasteiger partial charge in [-0.05, 0) is 38.5 Å². The lowest BCUT2D eigenvalue weighted by molar-refractivity contribution is -0.130. The molecule has 1 fully saturated rings. The molecular weight excluding hydrogens is 273 g/mol. The number of hydrogen-bond acceptors (Lipinski definition) is 4. The van der Waals surface area contributed by atoms with Gasteiger partial charge in [0.25, 0.3) is 0 Å². The normalized spacial score (nSPS) is 22.0. The minimum Gasteiger partial charge on any atom is -0.465 e. The molecule has 2 rings (SSSR count). The summed E-state index contributed by atoms with van der Waals surface area (Å²) in [6.07, 6.45) is 0.146. The number of methoxy groups -OCH3 is 1. The summed E-state index contributed by atoms with van der Waals surface area (Å²) in [6, 6.07) is 4.65. The van der Waals surface area contributed by atoms with Crippen LogP contribution in [0.25, 0.3) is 0 Å². The van der Waals surface area contributed by atoms with E-state index in [1.54, 1.807) is 6.07 Å². The van der Waals surface area contributed by atoms with E-state index >= 15 is 0 Å². The predicted molar refractivity (Wildman–Crippen MR) is 77.6 cm³/mol. The Kier molecular flexibility index (Phi) is 4.64. The van der Waals surface area contributed by atoms with Crippen molar-refractivity contribution in [3.63, 3.8) is 0 Å². The number of rotatable bonds is 3. The van der Waals surface area contributed by atoms with Gasteiger partial charge in [0.2, 0.25) is 0 Å². The zero-order valence-electron chi connectivity index (χ0n) is 13.0. The van der Waals surface area contributed by atoms with Crippen LogP contribution in [0, 0.1) is 5.82 Å². The minimum atomic E-state index is -0.653. The Morgan fingerprint density at radius 1 is 1.52 bits per heavy atom. The Bertz CT molecular complexity index is 530. The summed E-state index contributed by atoms with van der Waals surface area (Å²) in [5.41, 5.74) is 0.601. The van der Waals surface area contributed by atoms with Gasteiger partial charge in [0.1, 0.15) is 5.82 Å². The van der Waals surface area contributed by atoms with Crippen LogP contribution in [0.4, 0.5) is 4.39 Å². The summed E-state index contributed by atoms with van der Waals surface area (Å²) in [5, 5.41) is 0. The van der Waals surface area contributed by atoms with Crippen LogP contribution in [0.5, 0.6) is 0 Å². The fourth-order valence-electron chi connectivity index (χ4n) is 2.90. The second-order valence-corrected chi connectivity index (χ2v) is 6.16. The largest absolute Gasteiger partial charge is 0.465 e. The second kappa shape index (κ2) is 6.12. The highest BCUT2D eigenvalue weighted by molar-refractivity contribution is 5.89. The van der Waals surface area contributed by atoms with E-state index in [1.807, 2.05) is 6.92 Å². The molecule has 0 N–H and O–H groups in total. The maximum atomic E-state index is 13.9. The van der Waals surface area contributed by atoms with Crippen LogP contribution in [0.1, 0.15) is 36.7 Å². The maximum Gasteiger partial charge on any atom is 0.340 e. The quantitative estimate of drug-likeness (QED) is 0.804. The Morgan fingerprint density at radius 2 is 2.24 bits per heavy atom. The average Bonchev–Trinajstić information content (AvgIpc) is 2.35. The van der Waals surface area contributed by atoms with E-state index < -0.39 is 11.8 Å². The van der Waals surface area contributed by atoms with E-state index in [0.717, 1.165) is 18.7 Å². The third-order valence-corrected chi connectivity index (χ3v) is 3.48. The first kappa shape index (κ1) is 15.9. The number of ether oxygens (including phenoxy) is 2. The summed E-state index contributed by atoms with van der Waals surface area (Å²) in [5.74, 6) is -1.19. The molecule has 0 bridgehead atoms. The van der Waals surface area contributed by atoms with Crippen LogP contribution in [0.3, 0.4) is 0 Å². The van der Waals surface area contributed by atoms with Crippen molar-refractivity contribution in [3.05, 3.63) is 35.1 Å². The second-order valence-electron chi connectivity index (χ2n) is 6.16. The highest BCUT2D eigenvalue weighted by atomic mass is 19.1. The molecule has 5 heteroatoms. The van der Waals surface area contributed by atoms with Gasteiger partial charge in [0.15, 0.2) is 0 Å². The number of benzene rings is 1. The number of esters is 1. The number of carbonyl (C=O) groups excluding carboxylic acids is 1. The zero-order valence-corrected chi connectivity index (χ0v) is 13.0. The van der Waals surface area contributed by atoms with Crippen molar-refractivity contribution in [2.24, 2.45) is 0 Å². The molecule has 116 valence electrons. The van der Waals surface area contributed by atoms with Gasteiger partial charge in [-0.15, -0.1) is 0 Å². The molecule has 1 aliphatic rings. The van der Waals surface area contributed by atoms with E-state index in [4.69, 9.17) is 4.74 Å². The van der Waals surface area contributed by atoms with Gasteiger partial charge in [0.05, 0.1) is 24.4 Å². The Labute approximate surface area is 124 Å². The van der Waals surface area contributed by atoms with E-state index in [9.17, 15) is 9.18 Å². The number of morpholine rings is 1. The molecule has 21 heavy (non-hydrogen) atoms. The van der Waals surface area contributed by atoms with Crippen molar-refractivity contribution in [1.29, 1.82) is 0 Å². The van der Waals surface area contributed by atoms with Gasteiger partial charge >= 0.3 is 5.97 Å². The number of nitrogens with zero attached hydrogens (tertiary/aromatic N) is 1. The summed E-state index contributed by atoms with van der Waals surface area (Å²) in [7, 11) is 1.24. The Morgan fingerprint density at radius 3 is 2.81 bits per heavy atom. The first-order valence-electron chi connectivity index (χ1n) is 7.07. The highest BCUT2D eigenvalue weighted by Gasteiger charge is 2.31. The van der Waals surface area contributed by atoms with Gasteiger partial charge in [-0.1, -0.05) is 6.07 Å². The first-order chi connectivity index (χ1) is 9.80. The van der Waals surface area contributed by atoms with Crippen LogP contribution in [0.2, 0.25) is 0 Å². The molecule has 1 aliphatic heterocycles. The van der Waals surface area contributed by atoms with Crippen LogP contribution >= 0.6 is 0 Å². The SMILES string of the molecule is COC(=O)c1ccc(CN2CC(C)OC(C)(C)C2)cc1F. The minimum absolute atomic E-state index is 0.0306. The highest BCUT2D eigenvalue weighted by Crippen LogP contribution is 2.23. The lowest BCUT2D eigenvalue weighted by Crippen LogP contribution is -2.51. The van der Waals surface area contributed by atoms with Gasteiger partial charge < -0.3 is 9.47 Å². The molecular formula is C16H22FNO3. The van der Waals surface area contributed by atoms with Gasteiger partial charge in [-0.2, -0.15) is 0 Å². The molecule has 0 aromatic heterocycles. The van der Waals surface area contributed by atoms with Crippen molar-refractivity contribution >= 4 is 5.97 Å². The molecule has 1 unspecified atom stereocenters. The fraction of sp³-hybridized carbons (Fsp3) is 0.562. The van der Waals surface area contributed by atoms with Gasteiger partial charge in [-0.3, -0.25) is 4.90 Å². The molecule has 4 nitrogen and oxygen atoms in total. The predicted octanol–water partition coefficient (Wildman–Crippen LogP) is 2.61. The lowest BCUT2D eigenvalue weighted by atomic mass is 10.0. The van der Waals surface area contributed by atoms with Crippen molar-refractivity contribution in [3.8, 4) is 0 Å². The topological polar surface area (TPSA) is 38.8 Å². The molecule has 0 aliphatic carbocycles. The number of halogens is 1. The van der Waals surface area contributed by atoms with E-state index in [2.05, 4.69) is 23.5 Å². The van der Waals surface area contributed by atoms with Crippen molar-refractivity contribution in [2.45, 2.75) is 39.0 Å². The molecule has 0 spiro atoms. The van der Waals surface area contributed by atoms with Crippen LogP contribution in [-0.4, -0.2) is 42.8 Å². The maximum absolute atomic E-state index is 13.9. The summed E-state index contributed by atoms with van der Waals surface area (Å²) in [4.78, 5) is 13.6. The number of hydrogen-bond donors (Lipinski definition) is 0. The molecule has 1 saturated heterocycles. The van der Waals surface area contributed by atoms with Crippen molar-refractivity contribution in [1.82, 2.24) is 4.90 Å². The average molecular weight is 295 g/mol. The zero-order chi connectivity index (χ0) is 15.6. The molecule has 1 atom stereocenters. The van der Waals surface area contributed by atoms with Gasteiger partial charge in [0, 0.05) is 19.6 Å². The summed E-state index contributed by atoms with van der Waals surface area (Å²) < 4.78 is 24.3. The number of carbonyl (C=O) groups is 1. The van der Waals surface area contributed by atoms with E-state index in [-0.39, 0.29) is 17.3 Å². The Hall–Kier alpha value is -1.46. The standard InChI is InChI=1S/C16H22FNO3/c1-11-8-18(10-16(2,3)21-11)9-12-5-6-13(14(17)7-12)15(19)20-4/h5-7,11H,8-10H2,1-4H3. The summed E-state index contributed by atoms with van der Waals surface area (Å²) in [6.45, 7) is 8.37. The van der Waals surface area contributed by atoms with Crippen molar-refractivity contribution < 1.29 is 18.7 Å². The lowest BCUT2D eigenvalue weighted by Gasteiger charge is -2.41. The molecule has 0 radical (unpaired) electrons. The van der Waals surface area contributed by atoms with E-state index in [1.165, 1.54) is 19.2 Å². The van der Waals surface area contributed by atoms with Crippen LogP contribution in [-0.2, 0) is 16.0 Å². The molecule has 0 saturated carbocycles. The first-order valence-corrected chi connectivity index (χ1v) is 7.07. The van der Waals surface area contributed by atoms with Crippen LogP contribution < -0.4 is 0 Å². The molecule has 1 heterocycles.